The third kappa shape index (κ3) is 2.87. The van der Waals surface area contributed by atoms with Gasteiger partial charge < -0.3 is 0 Å². The molecule has 0 spiro atoms. The van der Waals surface area contributed by atoms with E-state index < -0.39 is 0 Å². The number of hydrogen-bond donors (Lipinski definition) is 0. The van der Waals surface area contributed by atoms with Crippen LogP contribution in [0, 0.1) is 32.1 Å². The van der Waals surface area contributed by atoms with E-state index in [0.717, 1.165) is 11.3 Å². The molecule has 0 aliphatic rings. The molecule has 1 aromatic heterocycles. The molecule has 0 N–H and O–H groups in total. The predicted molar refractivity (Wildman–Crippen MR) is 54.5 cm³/mol. The third-order valence-corrected chi connectivity index (χ3v) is 1.89. The standard InChI is InChI=1S/C9H10N2.C2H6/c1-6-4-9(5-10)11-8(3)7(6)2;1-2/h4H,1-3H3;1-2H3. The van der Waals surface area contributed by atoms with E-state index >= 15 is 0 Å². The molecule has 0 amide bonds. The molecule has 0 unspecified atom stereocenters. The van der Waals surface area contributed by atoms with Gasteiger partial charge >= 0.3 is 0 Å². The van der Waals surface area contributed by atoms with Crippen molar-refractivity contribution in [3.8, 4) is 6.07 Å². The van der Waals surface area contributed by atoms with Gasteiger partial charge in [0.25, 0.3) is 0 Å². The quantitative estimate of drug-likeness (QED) is 0.609. The van der Waals surface area contributed by atoms with Crippen LogP contribution in [0.2, 0.25) is 0 Å². The summed E-state index contributed by atoms with van der Waals surface area (Å²) in [5.74, 6) is 0. The molecule has 0 saturated carbocycles. The van der Waals surface area contributed by atoms with Crippen molar-refractivity contribution in [2.45, 2.75) is 34.6 Å². The Morgan fingerprint density at radius 3 is 2.15 bits per heavy atom. The zero-order valence-corrected chi connectivity index (χ0v) is 8.97. The molecule has 1 rings (SSSR count). The summed E-state index contributed by atoms with van der Waals surface area (Å²) < 4.78 is 0. The maximum atomic E-state index is 8.56. The second kappa shape index (κ2) is 5.31. The third-order valence-electron chi connectivity index (χ3n) is 1.89. The molecule has 70 valence electrons. The van der Waals surface area contributed by atoms with Crippen LogP contribution in [-0.4, -0.2) is 4.98 Å². The molecular weight excluding hydrogens is 160 g/mol. The van der Waals surface area contributed by atoms with Crippen molar-refractivity contribution < 1.29 is 0 Å². The highest BCUT2D eigenvalue weighted by atomic mass is 14.7. The van der Waals surface area contributed by atoms with Crippen LogP contribution < -0.4 is 0 Å². The van der Waals surface area contributed by atoms with Gasteiger partial charge in [0.15, 0.2) is 0 Å². The Morgan fingerprint density at radius 1 is 1.23 bits per heavy atom. The Bertz CT molecular complexity index is 298. The Balaban J connectivity index is 0.000000671. The summed E-state index contributed by atoms with van der Waals surface area (Å²) in [7, 11) is 0. The summed E-state index contributed by atoms with van der Waals surface area (Å²) in [6.45, 7) is 9.92. The van der Waals surface area contributed by atoms with Crippen molar-refractivity contribution in [1.82, 2.24) is 4.98 Å². The largest absolute Gasteiger partial charge is 0.242 e. The van der Waals surface area contributed by atoms with Gasteiger partial charge in [-0.25, -0.2) is 4.98 Å². The molecule has 0 fully saturated rings. The summed E-state index contributed by atoms with van der Waals surface area (Å²) in [5, 5.41) is 8.56. The Labute approximate surface area is 80.2 Å². The minimum Gasteiger partial charge on any atom is -0.242 e. The number of nitrogens with zero attached hydrogens (tertiary/aromatic N) is 2. The van der Waals surface area contributed by atoms with Crippen LogP contribution in [0.15, 0.2) is 6.07 Å². The van der Waals surface area contributed by atoms with Crippen molar-refractivity contribution in [3.63, 3.8) is 0 Å². The number of aromatic nitrogens is 1. The maximum Gasteiger partial charge on any atom is 0.141 e. The van der Waals surface area contributed by atoms with Crippen molar-refractivity contribution in [2.75, 3.05) is 0 Å². The lowest BCUT2D eigenvalue weighted by molar-refractivity contribution is 1.10. The molecule has 2 nitrogen and oxygen atoms in total. The molecule has 0 bridgehead atoms. The van der Waals surface area contributed by atoms with E-state index in [1.165, 1.54) is 5.56 Å². The molecule has 0 radical (unpaired) electrons. The van der Waals surface area contributed by atoms with Crippen LogP contribution in [0.3, 0.4) is 0 Å². The van der Waals surface area contributed by atoms with Gasteiger partial charge in [-0.2, -0.15) is 5.26 Å². The highest BCUT2D eigenvalue weighted by Crippen LogP contribution is 2.10. The van der Waals surface area contributed by atoms with E-state index in [1.807, 2.05) is 46.8 Å². The first-order valence-corrected chi connectivity index (χ1v) is 4.50. The first kappa shape index (κ1) is 11.6. The highest BCUT2D eigenvalue weighted by molar-refractivity contribution is 5.34. The summed E-state index contributed by atoms with van der Waals surface area (Å²) in [6, 6.07) is 3.83. The van der Waals surface area contributed by atoms with Crippen LogP contribution in [0.5, 0.6) is 0 Å². The van der Waals surface area contributed by atoms with Crippen LogP contribution >= 0.6 is 0 Å². The zero-order chi connectivity index (χ0) is 10.4. The minimum absolute atomic E-state index is 0.505. The fourth-order valence-electron chi connectivity index (χ4n) is 0.953. The smallest absolute Gasteiger partial charge is 0.141 e. The lowest BCUT2D eigenvalue weighted by Gasteiger charge is -2.02. The molecule has 2 heteroatoms. The summed E-state index contributed by atoms with van der Waals surface area (Å²) >= 11 is 0. The fourth-order valence-corrected chi connectivity index (χ4v) is 0.953. The van der Waals surface area contributed by atoms with E-state index in [4.69, 9.17) is 5.26 Å². The monoisotopic (exact) mass is 176 g/mol. The lowest BCUT2D eigenvalue weighted by atomic mass is 10.1. The molecular formula is C11H16N2. The number of aryl methyl sites for hydroxylation is 2. The average Bonchev–Trinajstić information content (AvgIpc) is 2.16. The van der Waals surface area contributed by atoms with Gasteiger partial charge in [-0.1, -0.05) is 13.8 Å². The fraction of sp³-hybridized carbons (Fsp3) is 0.455. The molecule has 0 aliphatic carbocycles. The molecule has 0 atom stereocenters. The van der Waals surface area contributed by atoms with E-state index in [2.05, 4.69) is 4.98 Å². The van der Waals surface area contributed by atoms with Crippen molar-refractivity contribution in [3.05, 3.63) is 28.6 Å². The number of nitriles is 1. The van der Waals surface area contributed by atoms with Crippen molar-refractivity contribution >= 4 is 0 Å². The van der Waals surface area contributed by atoms with E-state index in [0.29, 0.717) is 5.69 Å². The minimum atomic E-state index is 0.505. The molecule has 1 heterocycles. The second-order valence-electron chi connectivity index (χ2n) is 2.65. The zero-order valence-electron chi connectivity index (χ0n) is 8.97. The first-order chi connectivity index (χ1) is 6.15. The van der Waals surface area contributed by atoms with Crippen LogP contribution in [0.1, 0.15) is 36.4 Å². The lowest BCUT2D eigenvalue weighted by Crippen LogP contribution is -1.93. The van der Waals surface area contributed by atoms with Gasteiger partial charge in [-0.15, -0.1) is 0 Å². The predicted octanol–water partition coefficient (Wildman–Crippen LogP) is 2.90. The van der Waals surface area contributed by atoms with E-state index in [9.17, 15) is 0 Å². The van der Waals surface area contributed by atoms with Gasteiger partial charge in [-0.3, -0.25) is 0 Å². The average molecular weight is 176 g/mol. The van der Waals surface area contributed by atoms with Gasteiger partial charge in [0.05, 0.1) is 0 Å². The van der Waals surface area contributed by atoms with Crippen molar-refractivity contribution in [1.29, 1.82) is 5.26 Å². The van der Waals surface area contributed by atoms with Crippen LogP contribution in [0.4, 0.5) is 0 Å². The van der Waals surface area contributed by atoms with Crippen LogP contribution in [-0.2, 0) is 0 Å². The van der Waals surface area contributed by atoms with Gasteiger partial charge in [-0.05, 0) is 38.0 Å². The number of rotatable bonds is 0. The molecule has 1 aromatic rings. The maximum absolute atomic E-state index is 8.56. The Hall–Kier alpha value is -1.36. The van der Waals surface area contributed by atoms with Crippen molar-refractivity contribution in [2.24, 2.45) is 0 Å². The normalized spacial score (nSPS) is 8.31. The summed E-state index contributed by atoms with van der Waals surface area (Å²) in [4.78, 5) is 4.09. The highest BCUT2D eigenvalue weighted by Gasteiger charge is 2.00. The number of pyridine rings is 1. The summed E-state index contributed by atoms with van der Waals surface area (Å²) in [5.41, 5.74) is 3.75. The Kier molecular flexibility index (Phi) is 4.76. The molecule has 0 saturated heterocycles. The SMILES string of the molecule is CC.Cc1cc(C#N)nc(C)c1C. The first-order valence-electron chi connectivity index (χ1n) is 4.50. The molecule has 0 aromatic carbocycles. The van der Waals surface area contributed by atoms with Gasteiger partial charge in [0.1, 0.15) is 11.8 Å². The molecule has 0 aliphatic heterocycles. The Morgan fingerprint density at radius 2 is 1.77 bits per heavy atom. The molecule has 13 heavy (non-hydrogen) atoms. The number of hydrogen-bond acceptors (Lipinski definition) is 2. The van der Waals surface area contributed by atoms with Gasteiger partial charge in [0.2, 0.25) is 0 Å². The summed E-state index contributed by atoms with van der Waals surface area (Å²) in [6.07, 6.45) is 0. The second-order valence-corrected chi connectivity index (χ2v) is 2.65. The topological polar surface area (TPSA) is 36.7 Å². The van der Waals surface area contributed by atoms with E-state index in [-0.39, 0.29) is 0 Å². The van der Waals surface area contributed by atoms with E-state index in [1.54, 1.807) is 0 Å². The van der Waals surface area contributed by atoms with Crippen LogP contribution in [0.25, 0.3) is 0 Å². The van der Waals surface area contributed by atoms with Gasteiger partial charge in [0, 0.05) is 5.69 Å².